The summed E-state index contributed by atoms with van der Waals surface area (Å²) in [6.45, 7) is 3.44. The van der Waals surface area contributed by atoms with E-state index < -0.39 is 10.0 Å². The average Bonchev–Trinajstić information content (AvgIpc) is 2.38. The number of hydrogen-bond acceptors (Lipinski definition) is 5. The van der Waals surface area contributed by atoms with Crippen molar-refractivity contribution in [1.29, 1.82) is 0 Å². The molecule has 20 heavy (non-hydrogen) atoms. The molecule has 0 atom stereocenters. The van der Waals surface area contributed by atoms with Gasteiger partial charge >= 0.3 is 5.97 Å². The number of sulfonamides is 1. The molecule has 0 fully saturated rings. The highest BCUT2D eigenvalue weighted by atomic mass is 32.2. The molecule has 1 aromatic rings. The van der Waals surface area contributed by atoms with Gasteiger partial charge in [-0.15, -0.1) is 0 Å². The summed E-state index contributed by atoms with van der Waals surface area (Å²) in [5.74, 6) is -0.211. The van der Waals surface area contributed by atoms with Gasteiger partial charge in [-0.05, 0) is 37.6 Å². The molecule has 0 bridgehead atoms. The first kappa shape index (κ1) is 16.6. The van der Waals surface area contributed by atoms with Crippen molar-refractivity contribution in [2.45, 2.75) is 24.7 Å². The highest BCUT2D eigenvalue weighted by molar-refractivity contribution is 7.89. The van der Waals surface area contributed by atoms with Gasteiger partial charge in [0.25, 0.3) is 0 Å². The Morgan fingerprint density at radius 2 is 1.90 bits per heavy atom. The van der Waals surface area contributed by atoms with E-state index in [0.29, 0.717) is 26.1 Å². The molecule has 0 spiro atoms. The van der Waals surface area contributed by atoms with Crippen molar-refractivity contribution in [3.05, 3.63) is 29.8 Å². The predicted molar refractivity (Wildman–Crippen MR) is 75.6 cm³/mol. The first-order valence-corrected chi connectivity index (χ1v) is 7.96. The number of hydrogen-bond donors (Lipinski definition) is 2. The van der Waals surface area contributed by atoms with Gasteiger partial charge < -0.3 is 10.1 Å². The molecule has 0 amide bonds. The number of esters is 1. The van der Waals surface area contributed by atoms with E-state index in [4.69, 9.17) is 9.88 Å². The maximum absolute atomic E-state index is 11.1. The van der Waals surface area contributed by atoms with Crippen LogP contribution in [0.5, 0.6) is 0 Å². The molecule has 7 heteroatoms. The van der Waals surface area contributed by atoms with E-state index in [9.17, 15) is 13.2 Å². The molecular weight excluding hydrogens is 280 g/mol. The Kier molecular flexibility index (Phi) is 6.63. The van der Waals surface area contributed by atoms with Gasteiger partial charge in [0.2, 0.25) is 10.0 Å². The normalized spacial score (nSPS) is 11.3. The Morgan fingerprint density at radius 3 is 2.45 bits per heavy atom. The molecule has 6 nitrogen and oxygen atoms in total. The van der Waals surface area contributed by atoms with Gasteiger partial charge in [-0.25, -0.2) is 13.6 Å². The molecule has 1 rings (SSSR count). The second kappa shape index (κ2) is 7.98. The number of ether oxygens (including phenoxy) is 1. The molecule has 0 saturated heterocycles. The standard InChI is InChI=1S/C13H20N2O4S/c1-2-19-13(16)8-10-15-9-7-11-3-5-12(6-4-11)20(14,17)18/h3-6,15H,2,7-10H2,1H3,(H2,14,17,18). The fourth-order valence-electron chi connectivity index (χ4n) is 1.63. The first-order valence-electron chi connectivity index (χ1n) is 6.41. The molecular formula is C13H20N2O4S. The van der Waals surface area contributed by atoms with Gasteiger partial charge in [-0.3, -0.25) is 4.79 Å². The number of rotatable bonds is 8. The van der Waals surface area contributed by atoms with Crippen LogP contribution in [0.1, 0.15) is 18.9 Å². The molecule has 0 aliphatic heterocycles. The predicted octanol–water partition coefficient (Wildman–Crippen LogP) is 0.419. The molecule has 0 saturated carbocycles. The fourth-order valence-corrected chi connectivity index (χ4v) is 2.14. The van der Waals surface area contributed by atoms with Crippen LogP contribution in [0.2, 0.25) is 0 Å². The van der Waals surface area contributed by atoms with Crippen molar-refractivity contribution < 1.29 is 17.9 Å². The third-order valence-electron chi connectivity index (χ3n) is 2.65. The summed E-state index contributed by atoms with van der Waals surface area (Å²) in [5, 5.41) is 8.14. The number of benzene rings is 1. The number of primary sulfonamides is 1. The Morgan fingerprint density at radius 1 is 1.25 bits per heavy atom. The highest BCUT2D eigenvalue weighted by Crippen LogP contribution is 2.08. The minimum atomic E-state index is -3.63. The van der Waals surface area contributed by atoms with Crippen LogP contribution in [0.3, 0.4) is 0 Å². The maximum atomic E-state index is 11.1. The minimum absolute atomic E-state index is 0.108. The van der Waals surface area contributed by atoms with Gasteiger partial charge in [0.1, 0.15) is 0 Å². The van der Waals surface area contributed by atoms with Crippen molar-refractivity contribution in [2.75, 3.05) is 19.7 Å². The third-order valence-corrected chi connectivity index (χ3v) is 3.58. The lowest BCUT2D eigenvalue weighted by molar-refractivity contribution is -0.142. The van der Waals surface area contributed by atoms with Crippen LogP contribution in [0, 0.1) is 0 Å². The van der Waals surface area contributed by atoms with E-state index in [1.807, 2.05) is 0 Å². The van der Waals surface area contributed by atoms with E-state index >= 15 is 0 Å². The Balaban J connectivity index is 2.28. The maximum Gasteiger partial charge on any atom is 0.307 e. The Bertz CT molecular complexity index is 526. The first-order chi connectivity index (χ1) is 9.43. The number of nitrogens with two attached hydrogens (primary N) is 1. The summed E-state index contributed by atoms with van der Waals surface area (Å²) in [4.78, 5) is 11.2. The molecule has 0 aliphatic carbocycles. The second-order valence-corrected chi connectivity index (χ2v) is 5.81. The van der Waals surface area contributed by atoms with Crippen molar-refractivity contribution >= 4 is 16.0 Å². The van der Waals surface area contributed by atoms with Crippen molar-refractivity contribution in [2.24, 2.45) is 5.14 Å². The SMILES string of the molecule is CCOC(=O)CCNCCc1ccc(S(N)(=O)=O)cc1. The van der Waals surface area contributed by atoms with Crippen LogP contribution < -0.4 is 10.5 Å². The van der Waals surface area contributed by atoms with Gasteiger partial charge in [-0.2, -0.15) is 0 Å². The molecule has 112 valence electrons. The van der Waals surface area contributed by atoms with E-state index in [-0.39, 0.29) is 10.9 Å². The van der Waals surface area contributed by atoms with Gasteiger partial charge in [0.15, 0.2) is 0 Å². The van der Waals surface area contributed by atoms with Crippen LogP contribution >= 0.6 is 0 Å². The van der Waals surface area contributed by atoms with Crippen molar-refractivity contribution in [1.82, 2.24) is 5.32 Å². The Hall–Kier alpha value is -1.44. The summed E-state index contributed by atoms with van der Waals surface area (Å²) >= 11 is 0. The second-order valence-electron chi connectivity index (χ2n) is 4.24. The molecule has 0 aromatic heterocycles. The van der Waals surface area contributed by atoms with E-state index in [2.05, 4.69) is 5.32 Å². The summed E-state index contributed by atoms with van der Waals surface area (Å²) in [6, 6.07) is 6.44. The largest absolute Gasteiger partial charge is 0.466 e. The van der Waals surface area contributed by atoms with Crippen LogP contribution in [0.15, 0.2) is 29.2 Å². The minimum Gasteiger partial charge on any atom is -0.466 e. The van der Waals surface area contributed by atoms with Crippen LogP contribution in [-0.4, -0.2) is 34.1 Å². The summed E-state index contributed by atoms with van der Waals surface area (Å²) in [6.07, 6.45) is 1.09. The molecule has 0 unspecified atom stereocenters. The monoisotopic (exact) mass is 300 g/mol. The van der Waals surface area contributed by atoms with E-state index in [1.165, 1.54) is 12.1 Å². The lowest BCUT2D eigenvalue weighted by atomic mass is 10.1. The number of nitrogens with one attached hydrogen (secondary N) is 1. The average molecular weight is 300 g/mol. The third kappa shape index (κ3) is 6.14. The molecule has 0 heterocycles. The van der Waals surface area contributed by atoms with Crippen LogP contribution in [-0.2, 0) is 26.0 Å². The van der Waals surface area contributed by atoms with E-state index in [0.717, 1.165) is 12.0 Å². The molecule has 1 aromatic carbocycles. The lowest BCUT2D eigenvalue weighted by Crippen LogP contribution is -2.21. The zero-order valence-electron chi connectivity index (χ0n) is 11.5. The quantitative estimate of drug-likeness (QED) is 0.535. The fraction of sp³-hybridized carbons (Fsp3) is 0.462. The zero-order chi connectivity index (χ0) is 15.0. The van der Waals surface area contributed by atoms with Gasteiger partial charge in [0, 0.05) is 6.54 Å². The zero-order valence-corrected chi connectivity index (χ0v) is 12.3. The molecule has 0 aliphatic rings. The smallest absolute Gasteiger partial charge is 0.307 e. The molecule has 0 radical (unpaired) electrons. The van der Waals surface area contributed by atoms with E-state index in [1.54, 1.807) is 19.1 Å². The number of carbonyl (C=O) groups excluding carboxylic acids is 1. The molecule has 3 N–H and O–H groups in total. The summed E-state index contributed by atoms with van der Waals surface area (Å²) in [7, 11) is -3.63. The van der Waals surface area contributed by atoms with Gasteiger partial charge in [-0.1, -0.05) is 12.1 Å². The highest BCUT2D eigenvalue weighted by Gasteiger charge is 2.06. The van der Waals surface area contributed by atoms with Gasteiger partial charge in [0.05, 0.1) is 17.9 Å². The van der Waals surface area contributed by atoms with Crippen molar-refractivity contribution in [3.63, 3.8) is 0 Å². The lowest BCUT2D eigenvalue weighted by Gasteiger charge is -2.05. The summed E-state index contributed by atoms with van der Waals surface area (Å²) < 4.78 is 27.0. The van der Waals surface area contributed by atoms with Crippen LogP contribution in [0.4, 0.5) is 0 Å². The summed E-state index contributed by atoms with van der Waals surface area (Å²) in [5.41, 5.74) is 1.00. The number of carbonyl (C=O) groups is 1. The van der Waals surface area contributed by atoms with Crippen molar-refractivity contribution in [3.8, 4) is 0 Å². The topological polar surface area (TPSA) is 98.5 Å². The Labute approximate surface area is 119 Å². The van der Waals surface area contributed by atoms with Crippen LogP contribution in [0.25, 0.3) is 0 Å².